The number of nitrogens with zero attached hydrogens (tertiary/aromatic N) is 1. The van der Waals surface area contributed by atoms with E-state index in [4.69, 9.17) is 15.2 Å². The third-order valence-electron chi connectivity index (χ3n) is 3.33. The number of carbonyl (C=O) groups is 2. The molecule has 0 fully saturated rings. The molecule has 4 N–H and O–H groups in total. The van der Waals surface area contributed by atoms with E-state index in [-0.39, 0.29) is 24.8 Å². The summed E-state index contributed by atoms with van der Waals surface area (Å²) in [5.41, 5.74) is 7.74. The lowest BCUT2D eigenvalue weighted by molar-refractivity contribution is -0.137. The van der Waals surface area contributed by atoms with Crippen LogP contribution in [0, 0.1) is 0 Å². The molecule has 2 aromatic rings. The van der Waals surface area contributed by atoms with Crippen molar-refractivity contribution >= 4 is 35.1 Å². The average Bonchev–Trinajstić information content (AvgIpc) is 2.64. The Balaban J connectivity index is 2.24. The number of benzene rings is 1. The number of nitrogens with one attached hydrogen (secondary N) is 2. The smallest absolute Gasteiger partial charge is 0.412 e. The Hall–Kier alpha value is -3.55. The number of hydrogen-bond acceptors (Lipinski definition) is 7. The number of nitrogen functional groups attached to an aromatic ring is 1. The Morgan fingerprint density at radius 3 is 2.37 bits per heavy atom. The second-order valence-corrected chi connectivity index (χ2v) is 5.28. The van der Waals surface area contributed by atoms with Gasteiger partial charge in [-0.25, -0.2) is 14.6 Å². The van der Waals surface area contributed by atoms with Gasteiger partial charge in [-0.15, -0.1) is 0 Å². The second kappa shape index (κ2) is 9.81. The molecule has 2 rings (SSSR count). The molecule has 0 saturated carbocycles. The van der Waals surface area contributed by atoms with E-state index in [9.17, 15) is 9.59 Å². The van der Waals surface area contributed by atoms with Gasteiger partial charge in [0.05, 0.1) is 24.6 Å². The molecule has 0 radical (unpaired) electrons. The molecule has 0 aliphatic carbocycles. The van der Waals surface area contributed by atoms with E-state index in [1.807, 2.05) is 30.3 Å². The highest BCUT2D eigenvalue weighted by Gasteiger charge is 2.10. The molecule has 27 heavy (non-hydrogen) atoms. The number of hydrogen-bond donors (Lipinski definition) is 3. The first-order valence-electron chi connectivity index (χ1n) is 8.44. The Morgan fingerprint density at radius 2 is 1.74 bits per heavy atom. The predicted octanol–water partition coefficient (Wildman–Crippen LogP) is 3.25. The van der Waals surface area contributed by atoms with Crippen molar-refractivity contribution in [3.05, 3.63) is 54.1 Å². The van der Waals surface area contributed by atoms with Gasteiger partial charge < -0.3 is 20.5 Å². The van der Waals surface area contributed by atoms with Gasteiger partial charge in [-0.2, -0.15) is 0 Å². The Bertz CT molecular complexity index is 822. The molecule has 1 aromatic heterocycles. The number of amides is 1. The van der Waals surface area contributed by atoms with Crippen molar-refractivity contribution in [3.63, 3.8) is 0 Å². The third kappa shape index (κ3) is 6.03. The van der Waals surface area contributed by atoms with Crippen LogP contribution in [-0.2, 0) is 14.3 Å². The molecule has 1 heterocycles. The normalized spacial score (nSPS) is 10.8. The highest BCUT2D eigenvalue weighted by Crippen LogP contribution is 2.24. The number of aromatic nitrogens is 1. The van der Waals surface area contributed by atoms with Crippen molar-refractivity contribution in [2.75, 3.05) is 29.6 Å². The molecule has 0 atom stereocenters. The number of esters is 1. The number of pyridine rings is 1. The zero-order valence-electron chi connectivity index (χ0n) is 15.2. The minimum atomic E-state index is -0.614. The molecule has 142 valence electrons. The van der Waals surface area contributed by atoms with Crippen LogP contribution in [0.2, 0.25) is 0 Å². The predicted molar refractivity (Wildman–Crippen MR) is 104 cm³/mol. The number of ether oxygens (including phenoxy) is 2. The molecular weight excluding hydrogens is 348 g/mol. The van der Waals surface area contributed by atoms with Crippen molar-refractivity contribution in [2.45, 2.75) is 13.8 Å². The largest absolute Gasteiger partial charge is 0.463 e. The van der Waals surface area contributed by atoms with Crippen molar-refractivity contribution in [1.29, 1.82) is 0 Å². The Kier molecular flexibility index (Phi) is 7.18. The van der Waals surface area contributed by atoms with Gasteiger partial charge in [0, 0.05) is 6.08 Å². The first-order valence-corrected chi connectivity index (χ1v) is 8.44. The number of rotatable bonds is 7. The van der Waals surface area contributed by atoms with Gasteiger partial charge >= 0.3 is 12.1 Å². The fourth-order valence-corrected chi connectivity index (χ4v) is 2.18. The van der Waals surface area contributed by atoms with Crippen LogP contribution >= 0.6 is 0 Å². The van der Waals surface area contributed by atoms with Crippen LogP contribution < -0.4 is 16.4 Å². The van der Waals surface area contributed by atoms with Crippen LogP contribution in [-0.4, -0.2) is 30.3 Å². The molecule has 1 amide bonds. The summed E-state index contributed by atoms with van der Waals surface area (Å²) >= 11 is 0. The molecule has 8 nitrogen and oxygen atoms in total. The number of anilines is 3. The summed E-state index contributed by atoms with van der Waals surface area (Å²) in [7, 11) is 0. The molecule has 0 bridgehead atoms. The van der Waals surface area contributed by atoms with E-state index in [1.54, 1.807) is 26.0 Å². The number of carbonyl (C=O) groups excluding carboxylic acids is 2. The van der Waals surface area contributed by atoms with Gasteiger partial charge in [0.1, 0.15) is 11.6 Å². The van der Waals surface area contributed by atoms with Gasteiger partial charge in [0.25, 0.3) is 0 Å². The molecule has 1 aromatic carbocycles. The highest BCUT2D eigenvalue weighted by molar-refractivity contribution is 5.95. The SMILES string of the molecule is CCOC(=O)C=C(Nc1ccc(NC(=O)OCC)nc1N)c1ccccc1. The van der Waals surface area contributed by atoms with E-state index in [0.29, 0.717) is 11.4 Å². The Morgan fingerprint density at radius 1 is 1.04 bits per heavy atom. The van der Waals surface area contributed by atoms with E-state index < -0.39 is 12.1 Å². The molecule has 0 saturated heterocycles. The summed E-state index contributed by atoms with van der Waals surface area (Å²) < 4.78 is 9.78. The van der Waals surface area contributed by atoms with E-state index in [1.165, 1.54) is 6.08 Å². The third-order valence-corrected chi connectivity index (χ3v) is 3.33. The molecule has 0 spiro atoms. The lowest BCUT2D eigenvalue weighted by Crippen LogP contribution is -2.15. The van der Waals surface area contributed by atoms with E-state index in [0.717, 1.165) is 5.56 Å². The maximum Gasteiger partial charge on any atom is 0.412 e. The first-order chi connectivity index (χ1) is 13.0. The van der Waals surface area contributed by atoms with Crippen LogP contribution in [0.3, 0.4) is 0 Å². The monoisotopic (exact) mass is 370 g/mol. The molecule has 0 aliphatic rings. The minimum absolute atomic E-state index is 0.148. The fourth-order valence-electron chi connectivity index (χ4n) is 2.18. The van der Waals surface area contributed by atoms with Crippen LogP contribution in [0.4, 0.5) is 22.1 Å². The van der Waals surface area contributed by atoms with Crippen LogP contribution in [0.5, 0.6) is 0 Å². The second-order valence-electron chi connectivity index (χ2n) is 5.28. The number of nitrogens with two attached hydrogens (primary N) is 1. The van der Waals surface area contributed by atoms with Crippen molar-refractivity contribution in [2.24, 2.45) is 0 Å². The summed E-state index contributed by atoms with van der Waals surface area (Å²) in [5, 5.41) is 5.56. The molecule has 8 heteroatoms. The standard InChI is InChI=1S/C19H22N4O4/c1-3-26-17(24)12-15(13-8-6-5-7-9-13)21-14-10-11-16(22-18(14)20)23-19(25)27-4-2/h5-12,21H,3-4H2,1-2H3,(H3,20,22,23,25). The molecule has 0 aliphatic heterocycles. The zero-order valence-corrected chi connectivity index (χ0v) is 15.2. The Labute approximate surface area is 157 Å². The summed E-state index contributed by atoms with van der Waals surface area (Å²) in [6.07, 6.45) is 0.737. The fraction of sp³-hybridized carbons (Fsp3) is 0.211. The first kappa shape index (κ1) is 19.8. The summed E-state index contributed by atoms with van der Waals surface area (Å²) in [6, 6.07) is 12.5. The zero-order chi connectivity index (χ0) is 19.6. The maximum absolute atomic E-state index is 11.9. The van der Waals surface area contributed by atoms with Crippen LogP contribution in [0.1, 0.15) is 19.4 Å². The lowest BCUT2D eigenvalue weighted by Gasteiger charge is -2.14. The van der Waals surface area contributed by atoms with Gasteiger partial charge in [-0.3, -0.25) is 5.32 Å². The summed E-state index contributed by atoms with van der Waals surface area (Å²) in [6.45, 7) is 3.96. The van der Waals surface area contributed by atoms with E-state index >= 15 is 0 Å². The summed E-state index contributed by atoms with van der Waals surface area (Å²) in [5.74, 6) is -0.0712. The molecular formula is C19H22N4O4. The summed E-state index contributed by atoms with van der Waals surface area (Å²) in [4.78, 5) is 27.5. The van der Waals surface area contributed by atoms with Crippen LogP contribution in [0.15, 0.2) is 48.5 Å². The topological polar surface area (TPSA) is 116 Å². The average molecular weight is 370 g/mol. The lowest BCUT2D eigenvalue weighted by atomic mass is 10.1. The minimum Gasteiger partial charge on any atom is -0.463 e. The maximum atomic E-state index is 11.9. The van der Waals surface area contributed by atoms with Crippen molar-refractivity contribution < 1.29 is 19.1 Å². The van der Waals surface area contributed by atoms with Gasteiger partial charge in [0.15, 0.2) is 0 Å². The van der Waals surface area contributed by atoms with Crippen molar-refractivity contribution in [3.8, 4) is 0 Å². The van der Waals surface area contributed by atoms with Gasteiger partial charge in [-0.1, -0.05) is 30.3 Å². The van der Waals surface area contributed by atoms with E-state index in [2.05, 4.69) is 15.6 Å². The highest BCUT2D eigenvalue weighted by atomic mass is 16.5. The quantitative estimate of drug-likeness (QED) is 0.506. The van der Waals surface area contributed by atoms with Crippen molar-refractivity contribution in [1.82, 2.24) is 4.98 Å². The van der Waals surface area contributed by atoms with Gasteiger partial charge in [-0.05, 0) is 31.5 Å². The molecule has 0 unspecified atom stereocenters. The van der Waals surface area contributed by atoms with Gasteiger partial charge in [0.2, 0.25) is 0 Å². The van der Waals surface area contributed by atoms with Crippen LogP contribution in [0.25, 0.3) is 5.70 Å².